The third-order valence-electron chi connectivity index (χ3n) is 9.54. The first-order valence-electron chi connectivity index (χ1n) is 17.7. The Balaban J connectivity index is 0.838. The highest BCUT2D eigenvalue weighted by Gasteiger charge is 2.46. The number of piperidine rings is 1. The summed E-state index contributed by atoms with van der Waals surface area (Å²) in [6.07, 6.45) is 7.85. The number of hydrogen-bond acceptors (Lipinski definition) is 11. The number of nitrogens with one attached hydrogen (secondary N) is 4. The second-order valence-electron chi connectivity index (χ2n) is 13.2. The number of hydrogen-bond donors (Lipinski definition) is 4. The minimum absolute atomic E-state index is 0.00309. The first-order chi connectivity index (χ1) is 27.1. The van der Waals surface area contributed by atoms with Gasteiger partial charge in [-0.05, 0) is 53.9 Å². The van der Waals surface area contributed by atoms with Crippen molar-refractivity contribution in [1.82, 2.24) is 40.4 Å². The summed E-state index contributed by atoms with van der Waals surface area (Å²) in [6.45, 7) is 0.196. The van der Waals surface area contributed by atoms with Gasteiger partial charge in [0, 0.05) is 43.7 Å². The van der Waals surface area contributed by atoms with E-state index in [4.69, 9.17) is 4.74 Å². The Morgan fingerprint density at radius 3 is 2.64 bits per heavy atom. The van der Waals surface area contributed by atoms with Crippen LogP contribution in [0.3, 0.4) is 0 Å². The number of imide groups is 2. The van der Waals surface area contributed by atoms with E-state index in [0.717, 1.165) is 34.0 Å². The molecule has 56 heavy (non-hydrogen) atoms. The van der Waals surface area contributed by atoms with Gasteiger partial charge >= 0.3 is 0 Å². The molecule has 0 saturated carbocycles. The zero-order valence-corrected chi connectivity index (χ0v) is 29.5. The number of carbonyl (C=O) groups is 6. The molecule has 16 nitrogen and oxygen atoms in total. The number of fused-ring (bicyclic) bond motifs is 3. The van der Waals surface area contributed by atoms with Crippen molar-refractivity contribution >= 4 is 53.0 Å². The van der Waals surface area contributed by atoms with Crippen LogP contribution in [0, 0.1) is 5.82 Å². The molecule has 17 heteroatoms. The van der Waals surface area contributed by atoms with Crippen LogP contribution in [0.25, 0.3) is 23.1 Å². The SMILES string of the molecule is O=C(COc1cccc2c1C(=O)N(C1CCC(=O)NC1=O)C2=O)NCCNC(=O)c1ccc(-c2cnc3ncc(Cc4ccc5c(c4)C=CCN5)n3n2)cc1F. The summed E-state index contributed by atoms with van der Waals surface area (Å²) < 4.78 is 22.4. The summed E-state index contributed by atoms with van der Waals surface area (Å²) in [7, 11) is 0. The lowest BCUT2D eigenvalue weighted by Crippen LogP contribution is -2.54. The maximum Gasteiger partial charge on any atom is 0.266 e. The van der Waals surface area contributed by atoms with Crippen LogP contribution in [0.2, 0.25) is 0 Å². The van der Waals surface area contributed by atoms with E-state index in [0.29, 0.717) is 23.5 Å². The molecular weight excluding hydrogens is 725 g/mol. The Morgan fingerprint density at radius 2 is 1.80 bits per heavy atom. The molecule has 5 heterocycles. The average molecular weight is 758 g/mol. The van der Waals surface area contributed by atoms with E-state index in [9.17, 15) is 28.8 Å². The Bertz CT molecular complexity index is 2520. The van der Waals surface area contributed by atoms with Crippen molar-refractivity contribution in [2.75, 3.05) is 31.6 Å². The molecule has 1 saturated heterocycles. The van der Waals surface area contributed by atoms with E-state index in [1.54, 1.807) is 16.8 Å². The lowest BCUT2D eigenvalue weighted by molar-refractivity contribution is -0.136. The topological polar surface area (TPSA) is 206 Å². The summed E-state index contributed by atoms with van der Waals surface area (Å²) in [5, 5.41) is 15.2. The van der Waals surface area contributed by atoms with Gasteiger partial charge in [-0.25, -0.2) is 18.9 Å². The van der Waals surface area contributed by atoms with E-state index in [-0.39, 0.29) is 48.4 Å². The van der Waals surface area contributed by atoms with Gasteiger partial charge in [0.25, 0.3) is 29.4 Å². The molecule has 3 aromatic carbocycles. The summed E-state index contributed by atoms with van der Waals surface area (Å²) >= 11 is 0. The monoisotopic (exact) mass is 757 g/mol. The maximum absolute atomic E-state index is 15.2. The van der Waals surface area contributed by atoms with E-state index < -0.39 is 53.9 Å². The molecule has 282 valence electrons. The number of aromatic nitrogens is 4. The molecule has 0 aliphatic carbocycles. The zero-order valence-electron chi connectivity index (χ0n) is 29.5. The van der Waals surface area contributed by atoms with Gasteiger partial charge in [0.15, 0.2) is 6.61 Å². The summed E-state index contributed by atoms with van der Waals surface area (Å²) in [4.78, 5) is 85.1. The van der Waals surface area contributed by atoms with Crippen LogP contribution in [0.1, 0.15) is 60.7 Å². The number of rotatable bonds is 11. The quantitative estimate of drug-likeness (QED) is 0.114. The van der Waals surface area contributed by atoms with Gasteiger partial charge in [0.1, 0.15) is 23.3 Å². The van der Waals surface area contributed by atoms with Crippen molar-refractivity contribution < 1.29 is 37.9 Å². The maximum atomic E-state index is 15.2. The minimum Gasteiger partial charge on any atom is -0.483 e. The van der Waals surface area contributed by atoms with Crippen LogP contribution in [-0.2, 0) is 20.8 Å². The van der Waals surface area contributed by atoms with Crippen LogP contribution in [-0.4, -0.2) is 92.2 Å². The third-order valence-corrected chi connectivity index (χ3v) is 9.54. The Morgan fingerprint density at radius 1 is 0.964 bits per heavy atom. The fraction of sp³-hybridized carbons (Fsp3) is 0.205. The number of carbonyl (C=O) groups excluding carboxylic acids is 6. The van der Waals surface area contributed by atoms with Crippen molar-refractivity contribution in [2.45, 2.75) is 25.3 Å². The highest BCUT2D eigenvalue weighted by Crippen LogP contribution is 2.33. The molecule has 1 fully saturated rings. The van der Waals surface area contributed by atoms with Gasteiger partial charge in [-0.15, -0.1) is 0 Å². The number of imidazole rings is 1. The van der Waals surface area contributed by atoms with Crippen LogP contribution < -0.4 is 26.0 Å². The largest absolute Gasteiger partial charge is 0.483 e. The standard InChI is InChI=1S/C39H32FN9O7/c40-27-17-23(29-19-45-39-44-18-24(49(39)47-29)16-21-6-9-28-22(15-21)3-2-12-41-28)7-8-25(27)35(52)43-14-13-42-33(51)20-56-31-5-1-4-26-34(31)38(55)48(37(26)54)30-10-11-32(50)46-36(30)53/h1-9,15,17-19,30,41H,10-14,16,20H2,(H,42,51)(H,43,52)(H,46,50,53). The van der Waals surface area contributed by atoms with Gasteiger partial charge < -0.3 is 20.7 Å². The molecule has 0 spiro atoms. The smallest absolute Gasteiger partial charge is 0.266 e. The number of amides is 6. The number of anilines is 1. The highest BCUT2D eigenvalue weighted by molar-refractivity contribution is 6.24. The second kappa shape index (κ2) is 14.8. The molecule has 0 radical (unpaired) electrons. The van der Waals surface area contributed by atoms with Crippen LogP contribution >= 0.6 is 0 Å². The fourth-order valence-electron chi connectivity index (χ4n) is 6.79. The molecule has 6 amide bonds. The summed E-state index contributed by atoms with van der Waals surface area (Å²) in [6, 6.07) is 13.4. The fourth-order valence-corrected chi connectivity index (χ4v) is 6.79. The zero-order chi connectivity index (χ0) is 38.9. The highest BCUT2D eigenvalue weighted by atomic mass is 19.1. The van der Waals surface area contributed by atoms with Gasteiger partial charge in [0.2, 0.25) is 11.8 Å². The van der Waals surface area contributed by atoms with Gasteiger partial charge in [0.05, 0.1) is 34.8 Å². The summed E-state index contributed by atoms with van der Waals surface area (Å²) in [5.74, 6) is -4.42. The molecule has 8 rings (SSSR count). The van der Waals surface area contributed by atoms with Gasteiger partial charge in [-0.3, -0.25) is 39.0 Å². The van der Waals surface area contributed by atoms with Crippen LogP contribution in [0.4, 0.5) is 10.1 Å². The van der Waals surface area contributed by atoms with Crippen LogP contribution in [0.15, 0.2) is 73.1 Å². The second-order valence-corrected chi connectivity index (χ2v) is 13.2. The number of nitrogens with zero attached hydrogens (tertiary/aromatic N) is 5. The third kappa shape index (κ3) is 6.92. The number of ether oxygens (including phenoxy) is 1. The Labute approximate surface area is 317 Å². The van der Waals surface area contributed by atoms with E-state index in [2.05, 4.69) is 54.6 Å². The normalized spacial score (nSPS) is 15.9. The molecule has 1 atom stereocenters. The van der Waals surface area contributed by atoms with E-state index >= 15 is 4.39 Å². The predicted molar refractivity (Wildman–Crippen MR) is 197 cm³/mol. The Hall–Kier alpha value is -7.30. The Kier molecular flexibility index (Phi) is 9.47. The predicted octanol–water partition coefficient (Wildman–Crippen LogP) is 2.29. The number of benzene rings is 3. The molecule has 0 bridgehead atoms. The minimum atomic E-state index is -1.15. The first kappa shape index (κ1) is 35.7. The van der Waals surface area contributed by atoms with Crippen molar-refractivity contribution in [2.24, 2.45) is 0 Å². The first-order valence-corrected chi connectivity index (χ1v) is 17.7. The van der Waals surface area contributed by atoms with Crippen LogP contribution in [0.5, 0.6) is 5.75 Å². The van der Waals surface area contributed by atoms with Gasteiger partial charge in [-0.2, -0.15) is 5.10 Å². The molecule has 2 aromatic heterocycles. The van der Waals surface area contributed by atoms with Crippen molar-refractivity contribution in [1.29, 1.82) is 0 Å². The van der Waals surface area contributed by atoms with E-state index in [1.807, 2.05) is 12.1 Å². The molecule has 3 aliphatic rings. The molecular formula is C39H32FN9O7. The van der Waals surface area contributed by atoms with Crippen molar-refractivity contribution in [3.63, 3.8) is 0 Å². The molecule has 5 aromatic rings. The lowest BCUT2D eigenvalue weighted by atomic mass is 10.0. The van der Waals surface area contributed by atoms with Gasteiger partial charge in [-0.1, -0.05) is 30.4 Å². The molecule has 1 unspecified atom stereocenters. The average Bonchev–Trinajstić information content (AvgIpc) is 3.71. The molecule has 3 aliphatic heterocycles. The number of halogens is 1. The summed E-state index contributed by atoms with van der Waals surface area (Å²) in [5.41, 5.74) is 4.53. The lowest BCUT2D eigenvalue weighted by Gasteiger charge is -2.27. The van der Waals surface area contributed by atoms with Crippen molar-refractivity contribution in [3.05, 3.63) is 112 Å². The van der Waals surface area contributed by atoms with Crippen molar-refractivity contribution in [3.8, 4) is 17.0 Å². The molecule has 4 N–H and O–H groups in total. The van der Waals surface area contributed by atoms with E-state index in [1.165, 1.54) is 36.5 Å².